The first-order chi connectivity index (χ1) is 14.2. The Kier molecular flexibility index (Phi) is 3.14. The Morgan fingerprint density at radius 1 is 0.931 bits per heavy atom. The summed E-state index contributed by atoms with van der Waals surface area (Å²) in [6, 6.07) is 18.6. The predicted molar refractivity (Wildman–Crippen MR) is 111 cm³/mol. The Morgan fingerprint density at radius 3 is 2.55 bits per heavy atom. The molecule has 1 spiro atoms. The highest BCUT2D eigenvalue weighted by molar-refractivity contribution is 7.13. The molecule has 0 unspecified atom stereocenters. The smallest absolute Gasteiger partial charge is 0.300 e. The number of thiophene rings is 1. The average molecular weight is 399 g/mol. The van der Waals surface area contributed by atoms with Crippen LogP contribution in [-0.2, 0) is 10.5 Å². The second kappa shape index (κ2) is 5.62. The number of para-hydroxylation sites is 2. The van der Waals surface area contributed by atoms with Crippen LogP contribution >= 0.6 is 11.3 Å². The first-order valence-corrected chi connectivity index (χ1v) is 9.91. The van der Waals surface area contributed by atoms with Crippen molar-refractivity contribution in [1.82, 2.24) is 14.8 Å². The van der Waals surface area contributed by atoms with Gasteiger partial charge >= 0.3 is 5.56 Å². The molecule has 2 aliphatic heterocycles. The Hall–Kier alpha value is -3.78. The molecule has 2 N–H and O–H groups in total. The first-order valence-electron chi connectivity index (χ1n) is 9.03. The van der Waals surface area contributed by atoms with Crippen molar-refractivity contribution in [2.45, 2.75) is 5.66 Å². The zero-order valence-electron chi connectivity index (χ0n) is 14.9. The number of hydrogen-bond acceptors (Lipinski definition) is 6. The Morgan fingerprint density at radius 2 is 1.72 bits per heavy atom. The normalized spacial score (nSPS) is 18.6. The lowest BCUT2D eigenvalue weighted by Gasteiger charge is -2.37. The van der Waals surface area contributed by atoms with Crippen molar-refractivity contribution in [3.05, 3.63) is 82.0 Å². The van der Waals surface area contributed by atoms with Crippen LogP contribution in [0.4, 0.5) is 11.4 Å². The van der Waals surface area contributed by atoms with E-state index in [-0.39, 0.29) is 11.6 Å². The number of carbonyl (C=O) groups is 1. The lowest BCUT2D eigenvalue weighted by molar-refractivity contribution is -0.121. The number of benzene rings is 2. The summed E-state index contributed by atoms with van der Waals surface area (Å²) >= 11 is 1.41. The Balaban J connectivity index is 1.74. The van der Waals surface area contributed by atoms with E-state index in [1.165, 1.54) is 11.3 Å². The highest BCUT2D eigenvalue weighted by atomic mass is 32.1. The van der Waals surface area contributed by atoms with Gasteiger partial charge in [-0.3, -0.25) is 9.59 Å². The maximum atomic E-state index is 13.3. The molecule has 0 saturated heterocycles. The van der Waals surface area contributed by atoms with Gasteiger partial charge in [-0.25, -0.2) is 4.68 Å². The van der Waals surface area contributed by atoms with Crippen LogP contribution in [0.2, 0.25) is 0 Å². The zero-order chi connectivity index (χ0) is 19.6. The summed E-state index contributed by atoms with van der Waals surface area (Å²) in [5, 5.41) is 12.9. The summed E-state index contributed by atoms with van der Waals surface area (Å²) in [4.78, 5) is 31.2. The van der Waals surface area contributed by atoms with Crippen LogP contribution in [-0.4, -0.2) is 20.7 Å². The Bertz CT molecular complexity index is 1360. The van der Waals surface area contributed by atoms with Gasteiger partial charge in [0.1, 0.15) is 0 Å². The average Bonchev–Trinajstić information content (AvgIpc) is 3.36. The maximum Gasteiger partial charge on any atom is 0.300 e. The molecular weight excluding hydrogens is 386 g/mol. The molecular formula is C21H13N5O2S. The SMILES string of the molecule is O=C1Nc2ccccc2[C@@]12Nc1ccccc1-c1nc(=O)c(-c3cccs3)nn12. The number of carbonyl (C=O) groups excluding carboxylic acids is 1. The minimum absolute atomic E-state index is 0.224. The monoisotopic (exact) mass is 399 g/mol. The molecule has 29 heavy (non-hydrogen) atoms. The van der Waals surface area contributed by atoms with E-state index in [9.17, 15) is 9.59 Å². The fourth-order valence-corrected chi connectivity index (χ4v) is 4.68. The Labute approximate surface area is 168 Å². The van der Waals surface area contributed by atoms with E-state index >= 15 is 0 Å². The van der Waals surface area contributed by atoms with E-state index in [2.05, 4.69) is 20.7 Å². The van der Waals surface area contributed by atoms with Crippen molar-refractivity contribution < 1.29 is 4.79 Å². The van der Waals surface area contributed by atoms with Gasteiger partial charge in [-0.1, -0.05) is 36.4 Å². The molecule has 0 saturated carbocycles. The number of aromatic nitrogens is 3. The maximum absolute atomic E-state index is 13.3. The molecule has 7 nitrogen and oxygen atoms in total. The van der Waals surface area contributed by atoms with E-state index in [0.717, 1.165) is 16.8 Å². The van der Waals surface area contributed by atoms with E-state index in [4.69, 9.17) is 0 Å². The van der Waals surface area contributed by atoms with Crippen LogP contribution in [0.15, 0.2) is 70.8 Å². The second-order valence-corrected chi connectivity index (χ2v) is 7.81. The largest absolute Gasteiger partial charge is 0.349 e. The summed E-state index contributed by atoms with van der Waals surface area (Å²) in [6.45, 7) is 0. The number of hydrogen-bond donors (Lipinski definition) is 2. The molecule has 0 bridgehead atoms. The van der Waals surface area contributed by atoms with Gasteiger partial charge in [0, 0.05) is 22.5 Å². The van der Waals surface area contributed by atoms with Gasteiger partial charge in [0.2, 0.25) is 5.66 Å². The molecule has 0 fully saturated rings. The van der Waals surface area contributed by atoms with Crippen LogP contribution in [0, 0.1) is 0 Å². The standard InChI is InChI=1S/C21H13N5O2S/c27-19-17(16-10-5-11-29-16)25-26-18(23-19)12-6-1-3-8-14(12)24-21(26)13-7-2-4-9-15(13)22-20(21)28/h1-11,24H,(H,22,28)/t21-/m0/s1. The van der Waals surface area contributed by atoms with Crippen molar-refractivity contribution in [3.63, 3.8) is 0 Å². The molecule has 1 atom stereocenters. The van der Waals surface area contributed by atoms with Crippen molar-refractivity contribution in [2.24, 2.45) is 0 Å². The summed E-state index contributed by atoms with van der Waals surface area (Å²) in [7, 11) is 0. The molecule has 8 heteroatoms. The topological polar surface area (TPSA) is 88.9 Å². The number of fused-ring (bicyclic) bond motifs is 6. The van der Waals surface area contributed by atoms with Crippen LogP contribution in [0.5, 0.6) is 0 Å². The quantitative estimate of drug-likeness (QED) is 0.513. The number of anilines is 2. The number of nitrogens with zero attached hydrogens (tertiary/aromatic N) is 3. The number of rotatable bonds is 1. The molecule has 0 aliphatic carbocycles. The second-order valence-electron chi connectivity index (χ2n) is 6.86. The third-order valence-corrected chi connectivity index (χ3v) is 6.14. The fraction of sp³-hybridized carbons (Fsp3) is 0.0476. The summed E-state index contributed by atoms with van der Waals surface area (Å²) in [5.74, 6) is 0.0843. The third-order valence-electron chi connectivity index (χ3n) is 5.26. The first kappa shape index (κ1) is 16.2. The lowest BCUT2D eigenvalue weighted by Crippen LogP contribution is -2.53. The van der Waals surface area contributed by atoms with Gasteiger partial charge in [0.15, 0.2) is 11.5 Å². The van der Waals surface area contributed by atoms with Crippen molar-refractivity contribution in [1.29, 1.82) is 0 Å². The molecule has 0 radical (unpaired) electrons. The highest BCUT2D eigenvalue weighted by Gasteiger charge is 2.53. The number of nitrogens with one attached hydrogen (secondary N) is 2. The third kappa shape index (κ3) is 2.06. The molecule has 1 amide bonds. The van der Waals surface area contributed by atoms with Crippen molar-refractivity contribution in [2.75, 3.05) is 10.6 Å². The lowest BCUT2D eigenvalue weighted by atomic mass is 9.96. The summed E-state index contributed by atoms with van der Waals surface area (Å²) in [6.07, 6.45) is 0. The van der Waals surface area contributed by atoms with E-state index in [1.54, 1.807) is 4.68 Å². The zero-order valence-corrected chi connectivity index (χ0v) is 15.7. The van der Waals surface area contributed by atoms with E-state index in [1.807, 2.05) is 66.0 Å². The minimum Gasteiger partial charge on any atom is -0.349 e. The van der Waals surface area contributed by atoms with Crippen molar-refractivity contribution >= 4 is 28.6 Å². The molecule has 4 aromatic rings. The van der Waals surface area contributed by atoms with Crippen molar-refractivity contribution in [3.8, 4) is 22.0 Å². The van der Waals surface area contributed by atoms with Gasteiger partial charge in [0.25, 0.3) is 5.91 Å². The van der Waals surface area contributed by atoms with Crippen LogP contribution in [0.3, 0.4) is 0 Å². The summed E-state index contributed by atoms with van der Waals surface area (Å²) < 4.78 is 1.55. The van der Waals surface area contributed by atoms with Gasteiger partial charge in [0.05, 0.1) is 4.88 Å². The molecule has 6 rings (SSSR count). The van der Waals surface area contributed by atoms with Crippen LogP contribution in [0.1, 0.15) is 5.56 Å². The predicted octanol–water partition coefficient (Wildman–Crippen LogP) is 3.11. The molecule has 2 aromatic heterocycles. The molecule has 2 aliphatic rings. The molecule has 140 valence electrons. The minimum atomic E-state index is -1.33. The van der Waals surface area contributed by atoms with E-state index in [0.29, 0.717) is 16.4 Å². The summed E-state index contributed by atoms with van der Waals surface area (Å²) in [5.41, 5.74) is 1.35. The number of amides is 1. The fourth-order valence-electron chi connectivity index (χ4n) is 3.97. The van der Waals surface area contributed by atoms with Crippen LogP contribution < -0.4 is 16.2 Å². The van der Waals surface area contributed by atoms with E-state index < -0.39 is 11.2 Å². The van der Waals surface area contributed by atoms with Gasteiger partial charge in [-0.2, -0.15) is 10.1 Å². The van der Waals surface area contributed by atoms with Gasteiger partial charge < -0.3 is 10.6 Å². The molecule has 2 aromatic carbocycles. The van der Waals surface area contributed by atoms with Crippen LogP contribution in [0.25, 0.3) is 22.0 Å². The highest BCUT2D eigenvalue weighted by Crippen LogP contribution is 2.45. The molecule has 4 heterocycles. The van der Waals surface area contributed by atoms with Gasteiger partial charge in [-0.05, 0) is 29.6 Å². The van der Waals surface area contributed by atoms with Gasteiger partial charge in [-0.15, -0.1) is 11.3 Å².